The molecule has 3 aliphatic rings. The number of hydrogen-bond donors (Lipinski definition) is 0. The van der Waals surface area contributed by atoms with Crippen LogP contribution in [0.3, 0.4) is 0 Å². The molecule has 20 rings (SSSR count). The Kier molecular flexibility index (Phi) is 19.8. The molecule has 2 aromatic heterocycles. The summed E-state index contributed by atoms with van der Waals surface area (Å²) in [5.74, 6) is -0.174. The van der Waals surface area contributed by atoms with E-state index in [1.54, 1.807) is 0 Å². The van der Waals surface area contributed by atoms with Crippen molar-refractivity contribution in [1.29, 1.82) is 0 Å². The predicted molar refractivity (Wildman–Crippen MR) is 557 cm³/mol. The summed E-state index contributed by atoms with van der Waals surface area (Å²) in [4.78, 5) is 5.61. The second kappa shape index (κ2) is 30.1. The highest BCUT2D eigenvalue weighted by Crippen LogP contribution is 2.57. The van der Waals surface area contributed by atoms with Gasteiger partial charge in [0.2, 0.25) is 0 Å². The normalized spacial score (nSPS) is 13.9. The maximum Gasteiger partial charge on any atom is 0.252 e. The van der Waals surface area contributed by atoms with E-state index in [-0.39, 0.29) is 56.0 Å². The van der Waals surface area contributed by atoms with E-state index in [0.717, 1.165) is 96.4 Å². The van der Waals surface area contributed by atoms with E-state index >= 15 is 0 Å². The molecule has 0 atom stereocenters. The Balaban J connectivity index is 0.989. The van der Waals surface area contributed by atoms with E-state index in [4.69, 9.17) is 0 Å². The van der Waals surface area contributed by atoms with Crippen LogP contribution < -0.4 is 26.2 Å². The van der Waals surface area contributed by atoms with Gasteiger partial charge in [-0.3, -0.25) is 0 Å². The third-order valence-electron chi connectivity index (χ3n) is 28.8. The van der Waals surface area contributed by atoms with E-state index in [1.165, 1.54) is 132 Å². The van der Waals surface area contributed by atoms with Gasteiger partial charge >= 0.3 is 0 Å². The van der Waals surface area contributed by atoms with Crippen LogP contribution in [0.2, 0.25) is 0 Å². The Morgan fingerprint density at radius 3 is 0.775 bits per heavy atom. The summed E-state index contributed by atoms with van der Waals surface area (Å²) in [7, 11) is 0. The molecule has 0 radical (unpaired) electrons. The minimum atomic E-state index is -0.320. The molecule has 129 heavy (non-hydrogen) atoms. The monoisotopic (exact) mass is 1680 g/mol. The van der Waals surface area contributed by atoms with Crippen molar-refractivity contribution in [3.8, 4) is 55.9 Å². The van der Waals surface area contributed by atoms with Gasteiger partial charge in [0, 0.05) is 83.8 Å². The molecular formula is C124H125BN4. The van der Waals surface area contributed by atoms with Crippen molar-refractivity contribution in [2.24, 2.45) is 0 Å². The quantitative estimate of drug-likeness (QED) is 0.134. The Bertz CT molecular complexity index is 6640. The number of nitrogens with zero attached hydrogens (tertiary/aromatic N) is 4. The maximum absolute atomic E-state index is 2.80. The molecule has 0 spiro atoms. The molecule has 5 heteroatoms. The van der Waals surface area contributed by atoms with Crippen LogP contribution in [0.4, 0.5) is 34.1 Å². The highest BCUT2D eigenvalue weighted by molar-refractivity contribution is 7.00. The Labute approximate surface area is 767 Å². The number of benzene rings is 15. The van der Waals surface area contributed by atoms with E-state index in [9.17, 15) is 0 Å². The molecule has 0 saturated carbocycles. The van der Waals surface area contributed by atoms with Gasteiger partial charge in [0.05, 0.1) is 33.4 Å². The predicted octanol–water partition coefficient (Wildman–Crippen LogP) is 32.1. The fraction of sp³-hybridized carbons (Fsp3) is 0.274. The zero-order valence-electron chi connectivity index (χ0n) is 80.5. The van der Waals surface area contributed by atoms with Gasteiger partial charge in [-0.05, 0) is 246 Å². The van der Waals surface area contributed by atoms with Crippen LogP contribution in [0.5, 0.6) is 0 Å². The van der Waals surface area contributed by atoms with Gasteiger partial charge in [-0.25, -0.2) is 0 Å². The molecule has 0 amide bonds. The lowest BCUT2D eigenvalue weighted by molar-refractivity contribution is 0.590. The topological polar surface area (TPSA) is 16.3 Å². The number of para-hydroxylation sites is 2. The average Bonchev–Trinajstić information content (AvgIpc) is 0.793. The van der Waals surface area contributed by atoms with Crippen molar-refractivity contribution in [2.45, 2.75) is 222 Å². The molecule has 4 nitrogen and oxygen atoms in total. The first-order chi connectivity index (χ1) is 61.0. The summed E-state index contributed by atoms with van der Waals surface area (Å²) in [5, 5.41) is 5.04. The fourth-order valence-corrected chi connectivity index (χ4v) is 21.2. The first kappa shape index (κ1) is 84.7. The zero-order valence-corrected chi connectivity index (χ0v) is 80.5. The molecule has 17 aromatic rings. The zero-order chi connectivity index (χ0) is 90.6. The van der Waals surface area contributed by atoms with Gasteiger partial charge in [-0.2, -0.15) is 0 Å². The lowest BCUT2D eigenvalue weighted by Crippen LogP contribution is -2.61. The van der Waals surface area contributed by atoms with Crippen molar-refractivity contribution in [3.63, 3.8) is 0 Å². The minimum absolute atomic E-state index is 0.0799. The van der Waals surface area contributed by atoms with E-state index < -0.39 is 0 Å². The SMILES string of the molecule is CC(C)(C)c1ccc(-c2cccc(-c3ccc(C(C)(C)C)cc3)c2N2c3cc(-n4c5ccc(C(C)(C)C)cc5c5cc(C(C)(C)C)ccc54)ccc3B3c4ccc(-n5c6ccc(C(C)(C)C)cc6c6cc(C(C)(C)C)ccc65)cc4N(c4c(-c5ccc(C(C)(C)C)cc5)cccc4-c4ccc(C(C)(C)C)cc4)c4cc(C5c6ccccc6Cc6ccccc65)cc2c43)cc1. The highest BCUT2D eigenvalue weighted by Gasteiger charge is 2.47. The minimum Gasteiger partial charge on any atom is -0.310 e. The summed E-state index contributed by atoms with van der Waals surface area (Å²) in [5.41, 5.74) is 43.0. The number of hydrogen-bond acceptors (Lipinski definition) is 2. The number of fused-ring (bicyclic) bond motifs is 12. The van der Waals surface area contributed by atoms with Crippen LogP contribution in [0, 0.1) is 0 Å². The highest BCUT2D eigenvalue weighted by atomic mass is 15.2. The number of aromatic nitrogens is 2. The lowest BCUT2D eigenvalue weighted by Gasteiger charge is -2.46. The second-order valence-electron chi connectivity index (χ2n) is 45.9. The summed E-state index contributed by atoms with van der Waals surface area (Å²) in [6.07, 6.45) is 0.848. The van der Waals surface area contributed by atoms with E-state index in [1.807, 2.05) is 0 Å². The van der Waals surface area contributed by atoms with Gasteiger partial charge in [-0.15, -0.1) is 0 Å². The number of anilines is 6. The third-order valence-corrected chi connectivity index (χ3v) is 28.8. The first-order valence-electron chi connectivity index (χ1n) is 47.1. The standard InChI is InChI=1S/C124H125BN4/c1-117(2,3)83-47-39-76(40-48-83)95-35-29-36-96(77-41-49-84(50-42-77)118(4,5)6)115(95)128-109-74-91(126-105-63-55-87(121(13,14)15)70-99(105)100-71-88(122(16,17)18)56-64-106(100)126)59-61-103(109)125-104-62-60-92(127-107-65-57-89(123(19,20)21)72-101(107)102-73-90(124(22,23)24)58-66-108(102)127)75-110(104)129(112-69-82(68-111(128)114(112)125)113-93-33-27-25-31-80(93)67-81-32-26-28-34-94(81)113)116-97(78-43-51-85(52-44-78)119(7,8)9)37-30-38-98(116)79-45-53-86(54-46-79)120(10,11)12/h25-66,68-75,113H,67H2,1-24H3. The van der Waals surface area contributed by atoms with Gasteiger partial charge in [0.1, 0.15) is 0 Å². The summed E-state index contributed by atoms with van der Waals surface area (Å²) >= 11 is 0. The summed E-state index contributed by atoms with van der Waals surface area (Å²) in [6, 6.07) is 121. The summed E-state index contributed by atoms with van der Waals surface area (Å²) in [6.45, 7) is 55.9. The first-order valence-corrected chi connectivity index (χ1v) is 47.1. The molecule has 0 N–H and O–H groups in total. The van der Waals surface area contributed by atoms with Gasteiger partial charge in [0.15, 0.2) is 0 Å². The van der Waals surface area contributed by atoms with Gasteiger partial charge in [-0.1, -0.05) is 385 Å². The molecular weight excluding hydrogens is 1560 g/mol. The third kappa shape index (κ3) is 14.6. The average molecular weight is 1680 g/mol. The van der Waals surface area contributed by atoms with Crippen LogP contribution in [0.15, 0.2) is 303 Å². The van der Waals surface area contributed by atoms with Gasteiger partial charge < -0.3 is 18.9 Å². The van der Waals surface area contributed by atoms with Gasteiger partial charge in [0.25, 0.3) is 6.71 Å². The molecule has 15 aromatic carbocycles. The molecule has 0 bridgehead atoms. The van der Waals surface area contributed by atoms with Crippen molar-refractivity contribution in [3.05, 3.63) is 376 Å². The lowest BCUT2D eigenvalue weighted by atomic mass is 9.33. The van der Waals surface area contributed by atoms with Crippen molar-refractivity contribution in [1.82, 2.24) is 9.13 Å². The fourth-order valence-electron chi connectivity index (χ4n) is 21.2. The van der Waals surface area contributed by atoms with Crippen LogP contribution in [0.25, 0.3) is 99.5 Å². The Hall–Kier alpha value is -12.4. The van der Waals surface area contributed by atoms with E-state index in [0.29, 0.717) is 0 Å². The largest absolute Gasteiger partial charge is 0.310 e. The van der Waals surface area contributed by atoms with E-state index in [2.05, 4.69) is 488 Å². The summed E-state index contributed by atoms with van der Waals surface area (Å²) < 4.78 is 5.20. The van der Waals surface area contributed by atoms with Crippen molar-refractivity contribution >= 4 is 101 Å². The Morgan fingerprint density at radius 1 is 0.240 bits per heavy atom. The molecule has 0 unspecified atom stereocenters. The Morgan fingerprint density at radius 2 is 0.504 bits per heavy atom. The van der Waals surface area contributed by atoms with Crippen molar-refractivity contribution in [2.75, 3.05) is 9.80 Å². The van der Waals surface area contributed by atoms with Crippen LogP contribution in [0.1, 0.15) is 244 Å². The smallest absolute Gasteiger partial charge is 0.252 e. The second-order valence-corrected chi connectivity index (χ2v) is 45.9. The molecule has 0 saturated heterocycles. The maximum atomic E-state index is 2.80. The van der Waals surface area contributed by atoms with Crippen molar-refractivity contribution < 1.29 is 0 Å². The molecule has 1 aliphatic carbocycles. The molecule has 4 heterocycles. The van der Waals surface area contributed by atoms with Crippen LogP contribution >= 0.6 is 0 Å². The van der Waals surface area contributed by atoms with Crippen LogP contribution in [-0.2, 0) is 49.7 Å². The molecule has 644 valence electrons. The van der Waals surface area contributed by atoms with Crippen LogP contribution in [-0.4, -0.2) is 15.8 Å². The molecule has 2 aliphatic heterocycles. The molecule has 0 fully saturated rings. The number of rotatable bonds is 9.